The molecule has 2 heterocycles. The Kier molecular flexibility index (Phi) is 2.03. The first-order valence-electron chi connectivity index (χ1n) is 4.57. The molecular formula is C9H13N3O2. The number of aryl methyl sites for hydroxylation is 1. The zero-order valence-electron chi connectivity index (χ0n) is 8.03. The third kappa shape index (κ3) is 1.39. The molecule has 1 fully saturated rings. The van der Waals surface area contributed by atoms with E-state index in [0.29, 0.717) is 13.1 Å². The molecule has 0 aliphatic carbocycles. The number of aromatic nitrogens is 2. The van der Waals surface area contributed by atoms with Crippen LogP contribution < -0.4 is 5.32 Å². The first kappa shape index (κ1) is 9.21. The van der Waals surface area contributed by atoms with Crippen LogP contribution in [-0.4, -0.2) is 33.9 Å². The molecule has 5 heteroatoms. The highest BCUT2D eigenvalue weighted by molar-refractivity contribution is 5.68. The summed E-state index contributed by atoms with van der Waals surface area (Å²) in [5.74, 6) is -0.778. The summed E-state index contributed by atoms with van der Waals surface area (Å²) in [7, 11) is 0. The minimum atomic E-state index is -0.778. The molecule has 0 saturated carbocycles. The number of aliphatic carboxylic acids is 1. The number of nitrogens with one attached hydrogen (secondary N) is 1. The van der Waals surface area contributed by atoms with E-state index in [0.717, 1.165) is 5.56 Å². The van der Waals surface area contributed by atoms with E-state index in [-0.39, 0.29) is 12.0 Å². The lowest BCUT2D eigenvalue weighted by molar-refractivity contribution is -0.140. The van der Waals surface area contributed by atoms with Crippen LogP contribution in [0.4, 0.5) is 0 Å². The fraction of sp³-hybridized carbons (Fsp3) is 0.556. The molecule has 0 bridgehead atoms. The van der Waals surface area contributed by atoms with Crippen LogP contribution >= 0.6 is 0 Å². The van der Waals surface area contributed by atoms with Gasteiger partial charge in [-0.25, -0.2) is 0 Å². The lowest BCUT2D eigenvalue weighted by atomic mass is 9.89. The van der Waals surface area contributed by atoms with Crippen LogP contribution in [-0.2, 0) is 10.3 Å². The largest absolute Gasteiger partial charge is 0.481 e. The van der Waals surface area contributed by atoms with E-state index in [9.17, 15) is 4.79 Å². The molecule has 0 unspecified atom stereocenters. The van der Waals surface area contributed by atoms with Gasteiger partial charge in [0.1, 0.15) is 0 Å². The lowest BCUT2D eigenvalue weighted by Crippen LogP contribution is -2.61. The van der Waals surface area contributed by atoms with Crippen LogP contribution in [0.15, 0.2) is 12.4 Å². The first-order valence-corrected chi connectivity index (χ1v) is 4.57. The van der Waals surface area contributed by atoms with Crippen molar-refractivity contribution in [3.8, 4) is 0 Å². The summed E-state index contributed by atoms with van der Waals surface area (Å²) in [6.07, 6.45) is 3.77. The average Bonchev–Trinajstić information content (AvgIpc) is 2.44. The average molecular weight is 195 g/mol. The highest BCUT2D eigenvalue weighted by Crippen LogP contribution is 2.25. The Labute approximate surface area is 81.7 Å². The van der Waals surface area contributed by atoms with Crippen LogP contribution in [0.5, 0.6) is 0 Å². The van der Waals surface area contributed by atoms with Gasteiger partial charge in [0.15, 0.2) is 0 Å². The molecule has 1 saturated heterocycles. The molecule has 1 aliphatic heterocycles. The van der Waals surface area contributed by atoms with Gasteiger partial charge in [0.25, 0.3) is 0 Å². The van der Waals surface area contributed by atoms with Gasteiger partial charge in [0.2, 0.25) is 0 Å². The van der Waals surface area contributed by atoms with Crippen molar-refractivity contribution < 1.29 is 9.90 Å². The quantitative estimate of drug-likeness (QED) is 0.710. The van der Waals surface area contributed by atoms with Gasteiger partial charge in [-0.1, -0.05) is 0 Å². The van der Waals surface area contributed by atoms with E-state index in [1.165, 1.54) is 0 Å². The highest BCUT2D eigenvalue weighted by atomic mass is 16.4. The molecule has 0 atom stereocenters. The number of carbonyl (C=O) groups is 1. The molecule has 0 amide bonds. The standard InChI is InChI=1S/C9H13N3O2/c1-7-3-11-12(4-7)9(2-8(13)14)5-10-6-9/h3-4,10H,2,5-6H2,1H3,(H,13,14). The Bertz CT molecular complexity index is 355. The maximum Gasteiger partial charge on any atom is 0.305 e. The normalized spacial score (nSPS) is 18.9. The van der Waals surface area contributed by atoms with Crippen LogP contribution in [0, 0.1) is 6.92 Å². The van der Waals surface area contributed by atoms with Crippen molar-refractivity contribution in [3.05, 3.63) is 18.0 Å². The Balaban J connectivity index is 2.24. The third-order valence-electron chi connectivity index (χ3n) is 2.59. The second kappa shape index (κ2) is 3.09. The summed E-state index contributed by atoms with van der Waals surface area (Å²) in [6.45, 7) is 3.31. The van der Waals surface area contributed by atoms with E-state index in [2.05, 4.69) is 10.4 Å². The molecule has 0 radical (unpaired) electrons. The molecule has 5 nitrogen and oxygen atoms in total. The van der Waals surface area contributed by atoms with Crippen molar-refractivity contribution in [2.45, 2.75) is 18.9 Å². The smallest absolute Gasteiger partial charge is 0.305 e. The summed E-state index contributed by atoms with van der Waals surface area (Å²) in [5, 5.41) is 16.1. The van der Waals surface area contributed by atoms with Crippen molar-refractivity contribution in [2.75, 3.05) is 13.1 Å². The Morgan fingerprint density at radius 2 is 2.50 bits per heavy atom. The third-order valence-corrected chi connectivity index (χ3v) is 2.59. The number of rotatable bonds is 3. The summed E-state index contributed by atoms with van der Waals surface area (Å²) in [6, 6.07) is 0. The Morgan fingerprint density at radius 3 is 2.86 bits per heavy atom. The van der Waals surface area contributed by atoms with Gasteiger partial charge >= 0.3 is 5.97 Å². The molecule has 1 aromatic rings. The van der Waals surface area contributed by atoms with Crippen LogP contribution in [0.2, 0.25) is 0 Å². The second-order valence-electron chi connectivity index (χ2n) is 3.86. The van der Waals surface area contributed by atoms with Gasteiger partial charge < -0.3 is 10.4 Å². The molecule has 2 rings (SSSR count). The summed E-state index contributed by atoms with van der Waals surface area (Å²) >= 11 is 0. The van der Waals surface area contributed by atoms with Crippen LogP contribution in [0.25, 0.3) is 0 Å². The molecule has 0 spiro atoms. The van der Waals surface area contributed by atoms with E-state index >= 15 is 0 Å². The Hall–Kier alpha value is -1.36. The molecule has 1 aliphatic rings. The summed E-state index contributed by atoms with van der Waals surface area (Å²) < 4.78 is 1.77. The van der Waals surface area contributed by atoms with E-state index in [4.69, 9.17) is 5.11 Å². The van der Waals surface area contributed by atoms with Crippen LogP contribution in [0.3, 0.4) is 0 Å². The van der Waals surface area contributed by atoms with Gasteiger partial charge in [-0.3, -0.25) is 9.48 Å². The van der Waals surface area contributed by atoms with E-state index in [1.54, 1.807) is 10.9 Å². The maximum absolute atomic E-state index is 10.7. The van der Waals surface area contributed by atoms with Gasteiger partial charge in [-0.05, 0) is 12.5 Å². The van der Waals surface area contributed by atoms with Gasteiger partial charge in [0.05, 0.1) is 18.2 Å². The van der Waals surface area contributed by atoms with Crippen molar-refractivity contribution in [1.29, 1.82) is 0 Å². The van der Waals surface area contributed by atoms with Crippen LogP contribution in [0.1, 0.15) is 12.0 Å². The van der Waals surface area contributed by atoms with Crippen molar-refractivity contribution in [3.63, 3.8) is 0 Å². The lowest BCUT2D eigenvalue weighted by Gasteiger charge is -2.41. The van der Waals surface area contributed by atoms with E-state index in [1.807, 2.05) is 13.1 Å². The molecule has 14 heavy (non-hydrogen) atoms. The summed E-state index contributed by atoms with van der Waals surface area (Å²) in [4.78, 5) is 10.7. The zero-order valence-corrected chi connectivity index (χ0v) is 8.03. The van der Waals surface area contributed by atoms with E-state index < -0.39 is 5.97 Å². The predicted octanol–water partition coefficient (Wildman–Crippen LogP) is -0.0353. The van der Waals surface area contributed by atoms with Gasteiger partial charge in [0, 0.05) is 19.3 Å². The summed E-state index contributed by atoms with van der Waals surface area (Å²) in [5.41, 5.74) is 0.710. The maximum atomic E-state index is 10.7. The first-order chi connectivity index (χ1) is 6.62. The Morgan fingerprint density at radius 1 is 1.79 bits per heavy atom. The van der Waals surface area contributed by atoms with Crippen molar-refractivity contribution in [1.82, 2.24) is 15.1 Å². The fourth-order valence-corrected chi connectivity index (χ4v) is 1.74. The SMILES string of the molecule is Cc1cnn(C2(CC(=O)O)CNC2)c1. The fourth-order valence-electron chi connectivity index (χ4n) is 1.74. The van der Waals surface area contributed by atoms with Crippen molar-refractivity contribution >= 4 is 5.97 Å². The second-order valence-corrected chi connectivity index (χ2v) is 3.86. The van der Waals surface area contributed by atoms with Gasteiger partial charge in [-0.15, -0.1) is 0 Å². The predicted molar refractivity (Wildman–Crippen MR) is 50.1 cm³/mol. The minimum Gasteiger partial charge on any atom is -0.481 e. The number of nitrogens with zero attached hydrogens (tertiary/aromatic N) is 2. The number of carboxylic acids is 1. The molecule has 1 aromatic heterocycles. The molecule has 2 N–H and O–H groups in total. The zero-order chi connectivity index (χ0) is 10.2. The topological polar surface area (TPSA) is 67.2 Å². The highest BCUT2D eigenvalue weighted by Gasteiger charge is 2.41. The molecule has 0 aromatic carbocycles. The van der Waals surface area contributed by atoms with Gasteiger partial charge in [-0.2, -0.15) is 5.10 Å². The number of hydrogen-bond donors (Lipinski definition) is 2. The minimum absolute atomic E-state index is 0.126. The monoisotopic (exact) mass is 195 g/mol. The molecule has 76 valence electrons. The molecular weight excluding hydrogens is 182 g/mol. The number of carboxylic acid groups (broad SMARTS) is 1. The van der Waals surface area contributed by atoms with Crippen molar-refractivity contribution in [2.24, 2.45) is 0 Å². The number of hydrogen-bond acceptors (Lipinski definition) is 3.